The van der Waals surface area contributed by atoms with E-state index in [9.17, 15) is 14.8 Å². The number of allylic oxidation sites excluding steroid dienone is 1. The number of phosphoric acid groups is 1. The van der Waals surface area contributed by atoms with Crippen molar-refractivity contribution in [1.82, 2.24) is 19.5 Å². The summed E-state index contributed by atoms with van der Waals surface area (Å²) in [6.07, 6.45) is -0.428. The van der Waals surface area contributed by atoms with Crippen LogP contribution in [0, 0.1) is 0 Å². The highest BCUT2D eigenvalue weighted by atomic mass is 32.2. The summed E-state index contributed by atoms with van der Waals surface area (Å²) in [5, 5.41) is 21.9. The van der Waals surface area contributed by atoms with Crippen LogP contribution < -0.4 is 5.73 Å². The van der Waals surface area contributed by atoms with Crippen molar-refractivity contribution in [1.29, 1.82) is 0 Å². The first-order valence-electron chi connectivity index (χ1n) is 8.92. The van der Waals surface area contributed by atoms with Crippen LogP contribution in [0.3, 0.4) is 0 Å². The van der Waals surface area contributed by atoms with E-state index >= 15 is 0 Å². The maximum absolute atomic E-state index is 11.1. The smallest absolute Gasteiger partial charge is 0.387 e. The molecule has 4 atom stereocenters. The van der Waals surface area contributed by atoms with Crippen LogP contribution in [0.2, 0.25) is 0 Å². The highest BCUT2D eigenvalue weighted by Gasteiger charge is 2.56. The molecule has 0 spiro atoms. The molecule has 6 N–H and O–H groups in total. The SMILES string of the molecule is C=C(C)CC[C@@]1(n2cnc3c(N)nc(SC)nc32)O[C@H](COP(=O)(O)O)[C@@H](O)[C@H]1O. The molecule has 0 radical (unpaired) electrons. The Morgan fingerprint density at radius 2 is 2.17 bits per heavy atom. The van der Waals surface area contributed by atoms with Gasteiger partial charge in [0.2, 0.25) is 0 Å². The number of aliphatic hydroxyl groups is 2. The Morgan fingerprint density at radius 1 is 1.47 bits per heavy atom. The number of hydrogen-bond donors (Lipinski definition) is 5. The summed E-state index contributed by atoms with van der Waals surface area (Å²) < 4.78 is 23.0. The molecule has 166 valence electrons. The molecule has 1 aliphatic rings. The van der Waals surface area contributed by atoms with Crippen molar-refractivity contribution < 1.29 is 33.8 Å². The molecule has 3 heterocycles. The minimum Gasteiger partial charge on any atom is -0.387 e. The van der Waals surface area contributed by atoms with E-state index in [2.05, 4.69) is 26.1 Å². The first-order valence-corrected chi connectivity index (χ1v) is 11.7. The third kappa shape index (κ3) is 4.39. The van der Waals surface area contributed by atoms with Crippen molar-refractivity contribution >= 4 is 36.6 Å². The topological polar surface area (TPSA) is 186 Å². The van der Waals surface area contributed by atoms with E-state index in [1.807, 2.05) is 0 Å². The number of fused-ring (bicyclic) bond motifs is 1. The lowest BCUT2D eigenvalue weighted by molar-refractivity contribution is -0.149. The Bertz CT molecular complexity index is 998. The predicted molar refractivity (Wildman–Crippen MR) is 108 cm³/mol. The number of nitrogen functional groups attached to an aromatic ring is 1. The minimum atomic E-state index is -4.80. The Balaban J connectivity index is 2.09. The van der Waals surface area contributed by atoms with Gasteiger partial charge in [-0.3, -0.25) is 9.09 Å². The first-order chi connectivity index (χ1) is 14.0. The van der Waals surface area contributed by atoms with Crippen molar-refractivity contribution in [2.45, 2.75) is 49.0 Å². The number of nitrogens with zero attached hydrogens (tertiary/aromatic N) is 4. The molecule has 0 saturated carbocycles. The average molecular weight is 461 g/mol. The van der Waals surface area contributed by atoms with E-state index in [0.29, 0.717) is 17.1 Å². The number of rotatable bonds is 8. The van der Waals surface area contributed by atoms with Gasteiger partial charge in [-0.2, -0.15) is 0 Å². The molecule has 1 aliphatic heterocycles. The zero-order valence-electron chi connectivity index (χ0n) is 16.4. The summed E-state index contributed by atoms with van der Waals surface area (Å²) >= 11 is 1.27. The van der Waals surface area contributed by atoms with Gasteiger partial charge in [0.25, 0.3) is 0 Å². The molecule has 12 nitrogen and oxygen atoms in total. The highest BCUT2D eigenvalue weighted by Crippen LogP contribution is 2.44. The number of aromatic nitrogens is 4. The molecule has 30 heavy (non-hydrogen) atoms. The fourth-order valence-corrected chi connectivity index (χ4v) is 4.07. The second-order valence-corrected chi connectivity index (χ2v) is 9.08. The van der Waals surface area contributed by atoms with Crippen LogP contribution in [0.1, 0.15) is 19.8 Å². The first kappa shape index (κ1) is 23.1. The average Bonchev–Trinajstić information content (AvgIpc) is 3.19. The van der Waals surface area contributed by atoms with E-state index in [1.54, 1.807) is 13.2 Å². The fourth-order valence-electron chi connectivity index (χ4n) is 3.36. The van der Waals surface area contributed by atoms with Crippen LogP contribution in [-0.4, -0.2) is 70.7 Å². The monoisotopic (exact) mass is 461 g/mol. The number of nitrogens with two attached hydrogens (primary N) is 1. The van der Waals surface area contributed by atoms with Crippen LogP contribution in [0.25, 0.3) is 11.2 Å². The van der Waals surface area contributed by atoms with Gasteiger partial charge in [-0.05, 0) is 19.6 Å². The lowest BCUT2D eigenvalue weighted by Gasteiger charge is -2.34. The standard InChI is InChI=1S/C16H24N5O7PS/c1-8(2)4-5-16(12(23)11(22)9(28-16)6-27-29(24,25)26)21-7-18-10-13(17)19-15(30-3)20-14(10)21/h7,9,11-12,22-23H,1,4-6H2,2-3H3,(H2,17,19,20)(H2,24,25,26)/t9-,11-,12-,16-/m1/s1. The van der Waals surface area contributed by atoms with Gasteiger partial charge in [-0.15, -0.1) is 6.58 Å². The molecular weight excluding hydrogens is 437 g/mol. The summed E-state index contributed by atoms with van der Waals surface area (Å²) in [5.41, 5.74) is 5.82. The predicted octanol–water partition coefficient (Wildman–Crippen LogP) is 0.369. The van der Waals surface area contributed by atoms with Crippen molar-refractivity contribution in [3.63, 3.8) is 0 Å². The van der Waals surface area contributed by atoms with Gasteiger partial charge in [0, 0.05) is 6.42 Å². The van der Waals surface area contributed by atoms with Crippen molar-refractivity contribution in [2.24, 2.45) is 0 Å². The van der Waals surface area contributed by atoms with E-state index in [0.717, 1.165) is 5.57 Å². The quantitative estimate of drug-likeness (QED) is 0.158. The third-order valence-electron chi connectivity index (χ3n) is 4.83. The van der Waals surface area contributed by atoms with Crippen molar-refractivity contribution in [2.75, 3.05) is 18.6 Å². The molecule has 1 fully saturated rings. The summed E-state index contributed by atoms with van der Waals surface area (Å²) in [5.74, 6) is 0.146. The molecule has 2 aromatic rings. The Morgan fingerprint density at radius 3 is 2.77 bits per heavy atom. The second kappa shape index (κ2) is 8.52. The summed E-state index contributed by atoms with van der Waals surface area (Å²) in [4.78, 5) is 30.8. The maximum atomic E-state index is 11.1. The number of thioether (sulfide) groups is 1. The Kier molecular flexibility index (Phi) is 6.56. The molecule has 2 aromatic heterocycles. The van der Waals surface area contributed by atoms with Crippen LogP contribution in [0.15, 0.2) is 23.6 Å². The number of imidazole rings is 1. The molecule has 0 amide bonds. The molecule has 1 saturated heterocycles. The zero-order valence-corrected chi connectivity index (χ0v) is 18.1. The van der Waals surface area contributed by atoms with E-state index < -0.39 is 38.5 Å². The van der Waals surface area contributed by atoms with Crippen LogP contribution >= 0.6 is 19.6 Å². The zero-order chi connectivity index (χ0) is 22.3. The van der Waals surface area contributed by atoms with Crippen molar-refractivity contribution in [3.05, 3.63) is 18.5 Å². The Labute approximate surface area is 176 Å². The van der Waals surface area contributed by atoms with Gasteiger partial charge in [0.1, 0.15) is 23.8 Å². The summed E-state index contributed by atoms with van der Waals surface area (Å²) in [7, 11) is -4.80. The lowest BCUT2D eigenvalue weighted by atomic mass is 9.95. The largest absolute Gasteiger partial charge is 0.469 e. The van der Waals surface area contributed by atoms with Crippen molar-refractivity contribution in [3.8, 4) is 0 Å². The molecular formula is C16H24N5O7PS. The van der Waals surface area contributed by atoms with Gasteiger partial charge in [0.05, 0.1) is 12.9 Å². The second-order valence-electron chi connectivity index (χ2n) is 7.06. The van der Waals surface area contributed by atoms with Gasteiger partial charge in [-0.1, -0.05) is 17.3 Å². The van der Waals surface area contributed by atoms with Crippen LogP contribution in [-0.2, 0) is 19.6 Å². The fraction of sp³-hybridized carbons (Fsp3) is 0.562. The summed E-state index contributed by atoms with van der Waals surface area (Å²) in [6, 6.07) is 0. The van der Waals surface area contributed by atoms with Crippen LogP contribution in [0.5, 0.6) is 0 Å². The number of anilines is 1. The molecule has 14 heteroatoms. The number of phosphoric ester groups is 1. The molecule has 0 aromatic carbocycles. The Hall–Kier alpha value is -1.57. The normalized spacial score (nSPS) is 27.1. The van der Waals surface area contributed by atoms with Gasteiger partial charge in [0.15, 0.2) is 22.3 Å². The molecule has 3 rings (SSSR count). The lowest BCUT2D eigenvalue weighted by Crippen LogP contribution is -2.45. The number of ether oxygens (including phenoxy) is 1. The van der Waals surface area contributed by atoms with Crippen LogP contribution in [0.4, 0.5) is 5.82 Å². The number of hydrogen-bond acceptors (Lipinski definition) is 10. The summed E-state index contributed by atoms with van der Waals surface area (Å²) in [6.45, 7) is 5.04. The van der Waals surface area contributed by atoms with E-state index in [4.69, 9.17) is 20.3 Å². The highest BCUT2D eigenvalue weighted by molar-refractivity contribution is 7.98. The number of aliphatic hydroxyl groups excluding tert-OH is 2. The molecule has 0 unspecified atom stereocenters. The van der Waals surface area contributed by atoms with Gasteiger partial charge < -0.3 is 30.5 Å². The molecule has 0 bridgehead atoms. The van der Waals surface area contributed by atoms with E-state index in [-0.39, 0.29) is 17.9 Å². The maximum Gasteiger partial charge on any atom is 0.469 e. The minimum absolute atomic E-state index is 0.146. The molecule has 0 aliphatic carbocycles. The van der Waals surface area contributed by atoms with E-state index in [1.165, 1.54) is 22.7 Å². The third-order valence-corrected chi connectivity index (χ3v) is 5.87. The van der Waals surface area contributed by atoms with Gasteiger partial charge >= 0.3 is 7.82 Å². The van der Waals surface area contributed by atoms with Gasteiger partial charge in [-0.25, -0.2) is 19.5 Å².